The van der Waals surface area contributed by atoms with Gasteiger partial charge in [-0.2, -0.15) is 5.10 Å². The molecule has 0 saturated heterocycles. The van der Waals surface area contributed by atoms with E-state index in [1.54, 1.807) is 10.7 Å². The largest absolute Gasteiger partial charge is 0.353 e. The standard InChI is InChI=1S/C31H32FN5O2S/c1-21-9-7-14-25(17-21)37-31-28(29(34-37)22-10-5-4-6-11-22)30(23-12-8-13-24(32)18-23)40-20-27(39)36(31)19-26(38)33-15-16-35(2)3/h4-14,17-18,30H,15-16,19-20H2,1-3H3,(H,33,38)/t30-/m0/s1. The zero-order valence-corrected chi connectivity index (χ0v) is 23.6. The lowest BCUT2D eigenvalue weighted by Gasteiger charge is -2.23. The minimum Gasteiger partial charge on any atom is -0.353 e. The third-order valence-corrected chi connectivity index (χ3v) is 7.97. The summed E-state index contributed by atoms with van der Waals surface area (Å²) in [6.07, 6.45) is 0. The number of hydrogen-bond acceptors (Lipinski definition) is 5. The Morgan fingerprint density at radius 2 is 1.85 bits per heavy atom. The fourth-order valence-electron chi connectivity index (χ4n) is 4.82. The molecule has 3 aromatic carbocycles. The lowest BCUT2D eigenvalue weighted by Crippen LogP contribution is -2.43. The lowest BCUT2D eigenvalue weighted by atomic mass is 9.99. The Hall–Kier alpha value is -3.95. The molecule has 5 rings (SSSR count). The van der Waals surface area contributed by atoms with E-state index in [1.807, 2.05) is 86.6 Å². The summed E-state index contributed by atoms with van der Waals surface area (Å²) < 4.78 is 16.2. The Labute approximate surface area is 238 Å². The third kappa shape index (κ3) is 5.95. The number of aromatic nitrogens is 2. The molecule has 0 unspecified atom stereocenters. The predicted molar refractivity (Wildman–Crippen MR) is 158 cm³/mol. The first kappa shape index (κ1) is 27.6. The van der Waals surface area contributed by atoms with Crippen LogP contribution in [0, 0.1) is 12.7 Å². The summed E-state index contributed by atoms with van der Waals surface area (Å²) in [6, 6.07) is 24.1. The SMILES string of the molecule is Cc1cccc(-n2nc(-c3ccccc3)c3c2N(CC(=O)NCCN(C)C)C(=O)CS[C@H]3c2cccc(F)c2)c1. The number of carbonyl (C=O) groups excluding carboxylic acids is 2. The average Bonchev–Trinajstić information content (AvgIpc) is 3.26. The molecule has 4 aromatic rings. The summed E-state index contributed by atoms with van der Waals surface area (Å²) in [5.41, 5.74) is 4.87. The van der Waals surface area contributed by atoms with Crippen LogP contribution < -0.4 is 10.2 Å². The number of likely N-dealkylation sites (N-methyl/N-ethyl adjacent to an activating group) is 1. The Morgan fingerprint density at radius 3 is 2.58 bits per heavy atom. The Morgan fingerprint density at radius 1 is 1.07 bits per heavy atom. The monoisotopic (exact) mass is 557 g/mol. The molecule has 7 nitrogen and oxygen atoms in total. The molecule has 0 fully saturated rings. The molecule has 1 atom stereocenters. The van der Waals surface area contributed by atoms with Gasteiger partial charge in [-0.05, 0) is 56.4 Å². The van der Waals surface area contributed by atoms with Crippen LogP contribution >= 0.6 is 11.8 Å². The number of amides is 2. The first-order valence-corrected chi connectivity index (χ1v) is 14.2. The van der Waals surface area contributed by atoms with E-state index >= 15 is 0 Å². The van der Waals surface area contributed by atoms with E-state index < -0.39 is 0 Å². The molecule has 206 valence electrons. The first-order chi connectivity index (χ1) is 19.3. The number of hydrogen-bond donors (Lipinski definition) is 1. The molecule has 0 bridgehead atoms. The van der Waals surface area contributed by atoms with Gasteiger partial charge in [0.05, 0.1) is 22.4 Å². The topological polar surface area (TPSA) is 70.5 Å². The number of nitrogens with zero attached hydrogens (tertiary/aromatic N) is 4. The van der Waals surface area contributed by atoms with Crippen molar-refractivity contribution in [2.45, 2.75) is 12.2 Å². The number of fused-ring (bicyclic) bond motifs is 1. The normalized spacial score (nSPS) is 15.2. The number of carbonyl (C=O) groups is 2. The number of nitrogens with one attached hydrogen (secondary N) is 1. The molecule has 1 aliphatic rings. The van der Waals surface area contributed by atoms with Crippen LogP contribution in [0.5, 0.6) is 0 Å². The molecule has 1 N–H and O–H groups in total. The molecule has 0 spiro atoms. The highest BCUT2D eigenvalue weighted by Crippen LogP contribution is 2.48. The van der Waals surface area contributed by atoms with Crippen molar-refractivity contribution in [2.75, 3.05) is 44.4 Å². The number of anilines is 1. The van der Waals surface area contributed by atoms with Crippen LogP contribution in [0.4, 0.5) is 10.2 Å². The highest BCUT2D eigenvalue weighted by atomic mass is 32.2. The maximum atomic E-state index is 14.5. The van der Waals surface area contributed by atoms with Gasteiger partial charge in [0.15, 0.2) is 0 Å². The number of halogens is 1. The minimum absolute atomic E-state index is 0.128. The molecule has 40 heavy (non-hydrogen) atoms. The number of aryl methyl sites for hydroxylation is 1. The summed E-state index contributed by atoms with van der Waals surface area (Å²) in [6.45, 7) is 2.99. The molecule has 1 aromatic heterocycles. The minimum atomic E-state index is -0.384. The second-order valence-corrected chi connectivity index (χ2v) is 11.2. The highest BCUT2D eigenvalue weighted by molar-refractivity contribution is 8.00. The highest BCUT2D eigenvalue weighted by Gasteiger charge is 2.37. The van der Waals surface area contributed by atoms with Crippen LogP contribution in [-0.4, -0.2) is 66.0 Å². The van der Waals surface area contributed by atoms with Crippen LogP contribution in [0.1, 0.15) is 21.9 Å². The van der Waals surface area contributed by atoms with Crippen molar-refractivity contribution >= 4 is 29.4 Å². The second kappa shape index (κ2) is 12.1. The van der Waals surface area contributed by atoms with Gasteiger partial charge in [-0.15, -0.1) is 11.8 Å². The van der Waals surface area contributed by atoms with Crippen LogP contribution in [0.2, 0.25) is 0 Å². The number of thioether (sulfide) groups is 1. The van der Waals surface area contributed by atoms with Gasteiger partial charge in [-0.25, -0.2) is 9.07 Å². The summed E-state index contributed by atoms with van der Waals surface area (Å²) in [5.74, 6) is -0.158. The maximum Gasteiger partial charge on any atom is 0.240 e. The molecule has 9 heteroatoms. The van der Waals surface area contributed by atoms with Crippen molar-refractivity contribution in [1.82, 2.24) is 20.0 Å². The first-order valence-electron chi connectivity index (χ1n) is 13.2. The van der Waals surface area contributed by atoms with Crippen molar-refractivity contribution < 1.29 is 14.0 Å². The summed E-state index contributed by atoms with van der Waals surface area (Å²) in [7, 11) is 3.87. The average molecular weight is 558 g/mol. The zero-order chi connectivity index (χ0) is 28.2. The van der Waals surface area contributed by atoms with Gasteiger partial charge in [0, 0.05) is 24.2 Å². The molecular weight excluding hydrogens is 525 g/mol. The van der Waals surface area contributed by atoms with Gasteiger partial charge in [-0.1, -0.05) is 54.6 Å². The molecule has 0 saturated carbocycles. The summed E-state index contributed by atoms with van der Waals surface area (Å²) in [5, 5.41) is 7.61. The number of rotatable bonds is 8. The van der Waals surface area contributed by atoms with Gasteiger partial charge >= 0.3 is 0 Å². The van der Waals surface area contributed by atoms with Gasteiger partial charge in [0.2, 0.25) is 11.8 Å². The van der Waals surface area contributed by atoms with E-state index in [4.69, 9.17) is 5.10 Å². The Bertz CT molecular complexity index is 1520. The number of benzene rings is 3. The van der Waals surface area contributed by atoms with Crippen molar-refractivity contribution in [3.63, 3.8) is 0 Å². The van der Waals surface area contributed by atoms with Crippen molar-refractivity contribution in [3.8, 4) is 16.9 Å². The quantitative estimate of drug-likeness (QED) is 0.336. The van der Waals surface area contributed by atoms with E-state index in [0.29, 0.717) is 24.6 Å². The van der Waals surface area contributed by atoms with E-state index in [1.165, 1.54) is 28.8 Å². The molecule has 0 radical (unpaired) electrons. The van der Waals surface area contributed by atoms with Gasteiger partial charge in [0.1, 0.15) is 18.2 Å². The van der Waals surface area contributed by atoms with Crippen LogP contribution in [0.25, 0.3) is 16.9 Å². The van der Waals surface area contributed by atoms with Crippen molar-refractivity contribution in [3.05, 3.63) is 101 Å². The third-order valence-electron chi connectivity index (χ3n) is 6.72. The van der Waals surface area contributed by atoms with Crippen molar-refractivity contribution in [1.29, 1.82) is 0 Å². The van der Waals surface area contributed by atoms with E-state index in [9.17, 15) is 14.0 Å². The predicted octanol–water partition coefficient (Wildman–Crippen LogP) is 4.83. The van der Waals surface area contributed by atoms with Crippen LogP contribution in [0.3, 0.4) is 0 Å². The molecule has 1 aliphatic heterocycles. The Kier molecular flexibility index (Phi) is 8.32. The summed E-state index contributed by atoms with van der Waals surface area (Å²) in [4.78, 5) is 30.4. The maximum absolute atomic E-state index is 14.5. The fourth-order valence-corrected chi connectivity index (χ4v) is 6.01. The smallest absolute Gasteiger partial charge is 0.240 e. The molecule has 0 aliphatic carbocycles. The van der Waals surface area contributed by atoms with Crippen LogP contribution in [0.15, 0.2) is 78.9 Å². The fraction of sp³-hybridized carbons (Fsp3) is 0.258. The summed E-state index contributed by atoms with van der Waals surface area (Å²) >= 11 is 1.42. The van der Waals surface area contributed by atoms with Crippen LogP contribution in [-0.2, 0) is 9.59 Å². The van der Waals surface area contributed by atoms with E-state index in [2.05, 4.69) is 5.32 Å². The molecule has 2 heterocycles. The molecule has 2 amide bonds. The molecular formula is C31H32FN5O2S. The van der Waals surface area contributed by atoms with E-state index in [0.717, 1.165) is 27.9 Å². The second-order valence-electron chi connectivity index (χ2n) is 10.1. The van der Waals surface area contributed by atoms with E-state index in [-0.39, 0.29) is 35.2 Å². The van der Waals surface area contributed by atoms with Gasteiger partial charge in [-0.3, -0.25) is 14.5 Å². The Balaban J connectivity index is 1.73. The van der Waals surface area contributed by atoms with Gasteiger partial charge < -0.3 is 10.2 Å². The zero-order valence-electron chi connectivity index (χ0n) is 22.8. The van der Waals surface area contributed by atoms with Gasteiger partial charge in [0.25, 0.3) is 0 Å². The lowest BCUT2D eigenvalue weighted by molar-refractivity contribution is -0.122. The van der Waals surface area contributed by atoms with Crippen molar-refractivity contribution in [2.24, 2.45) is 0 Å².